The molecule has 8 nitrogen and oxygen atoms in total. The van der Waals surface area contributed by atoms with Gasteiger partial charge in [0.1, 0.15) is 5.82 Å². The summed E-state index contributed by atoms with van der Waals surface area (Å²) in [5.41, 5.74) is 6.22. The molecule has 39 heavy (non-hydrogen) atoms. The number of carbonyl (C=O) groups excluding carboxylic acids is 2. The minimum atomic E-state index is -0.844. The van der Waals surface area contributed by atoms with Crippen LogP contribution in [0, 0.1) is 19.7 Å². The van der Waals surface area contributed by atoms with Gasteiger partial charge in [-0.25, -0.2) is 24.6 Å². The Hall–Kier alpha value is -4.57. The highest BCUT2D eigenvalue weighted by molar-refractivity contribution is 7.98. The number of amides is 1. The molecular formula is C29H25FN4O4S. The summed E-state index contributed by atoms with van der Waals surface area (Å²) in [5, 5.41) is 4.72. The summed E-state index contributed by atoms with van der Waals surface area (Å²) < 4.78 is 24.5. The number of benzene rings is 3. The summed E-state index contributed by atoms with van der Waals surface area (Å²) >= 11 is 1.53. The third-order valence-electron chi connectivity index (χ3n) is 5.41. The fourth-order valence-electron chi connectivity index (χ4n) is 3.52. The van der Waals surface area contributed by atoms with E-state index in [1.165, 1.54) is 49.4 Å². The number of ether oxygens (including phenoxy) is 2. The zero-order chi connectivity index (χ0) is 27.8. The van der Waals surface area contributed by atoms with Crippen molar-refractivity contribution >= 4 is 29.9 Å². The minimum Gasteiger partial charge on any atom is -0.493 e. The number of esters is 1. The van der Waals surface area contributed by atoms with Gasteiger partial charge in [-0.1, -0.05) is 36.0 Å². The molecule has 4 aromatic rings. The zero-order valence-corrected chi connectivity index (χ0v) is 22.3. The van der Waals surface area contributed by atoms with Gasteiger partial charge in [-0.15, -0.1) is 0 Å². The fourth-order valence-corrected chi connectivity index (χ4v) is 4.42. The second-order valence-corrected chi connectivity index (χ2v) is 9.34. The van der Waals surface area contributed by atoms with Gasteiger partial charge < -0.3 is 9.47 Å². The van der Waals surface area contributed by atoms with Gasteiger partial charge >= 0.3 is 5.97 Å². The van der Waals surface area contributed by atoms with E-state index in [0.29, 0.717) is 16.9 Å². The van der Waals surface area contributed by atoms with Crippen LogP contribution in [0.15, 0.2) is 83.1 Å². The number of aromatic nitrogens is 2. The third kappa shape index (κ3) is 7.48. The van der Waals surface area contributed by atoms with Gasteiger partial charge in [-0.2, -0.15) is 5.10 Å². The van der Waals surface area contributed by atoms with Crippen LogP contribution in [-0.2, 0) is 5.75 Å². The van der Waals surface area contributed by atoms with Crippen LogP contribution < -0.4 is 14.9 Å². The van der Waals surface area contributed by atoms with Crippen molar-refractivity contribution in [2.75, 3.05) is 7.11 Å². The number of carbonyl (C=O) groups is 2. The monoisotopic (exact) mass is 544 g/mol. The molecule has 0 unspecified atom stereocenters. The molecule has 1 N–H and O–H groups in total. The first-order valence-corrected chi connectivity index (χ1v) is 12.8. The standard InChI is InChI=1S/C29H25FN4O4S/c1-18-14-19(2)33-29(32-18)39-17-20-8-11-22(12-9-20)27(35)34-31-16-21-10-13-25(26(15-21)37-3)38-28(36)23-6-4-5-7-24(23)30/h4-16H,17H2,1-3H3,(H,34,35)/b31-16+. The van der Waals surface area contributed by atoms with E-state index in [9.17, 15) is 14.0 Å². The van der Waals surface area contributed by atoms with E-state index in [1.54, 1.807) is 30.3 Å². The molecule has 0 atom stereocenters. The highest BCUT2D eigenvalue weighted by Crippen LogP contribution is 2.28. The van der Waals surface area contributed by atoms with Gasteiger partial charge in [0.25, 0.3) is 5.91 Å². The molecule has 3 aromatic carbocycles. The third-order valence-corrected chi connectivity index (χ3v) is 6.33. The van der Waals surface area contributed by atoms with Crippen LogP contribution in [0.25, 0.3) is 0 Å². The average molecular weight is 545 g/mol. The van der Waals surface area contributed by atoms with Crippen molar-refractivity contribution in [3.8, 4) is 11.5 Å². The number of hydrogen-bond donors (Lipinski definition) is 1. The summed E-state index contributed by atoms with van der Waals surface area (Å²) in [6, 6.07) is 19.4. The molecule has 0 aliphatic heterocycles. The van der Waals surface area contributed by atoms with Crippen LogP contribution in [0.1, 0.15) is 43.2 Å². The topological polar surface area (TPSA) is 103 Å². The summed E-state index contributed by atoms with van der Waals surface area (Å²) in [6.45, 7) is 3.88. The van der Waals surface area contributed by atoms with E-state index < -0.39 is 11.8 Å². The Morgan fingerprint density at radius 3 is 2.38 bits per heavy atom. The van der Waals surface area contributed by atoms with Gasteiger partial charge in [0, 0.05) is 22.7 Å². The quantitative estimate of drug-likeness (QED) is 0.0740. The molecule has 10 heteroatoms. The molecule has 1 heterocycles. The molecule has 0 saturated heterocycles. The van der Waals surface area contributed by atoms with Crippen LogP contribution in [0.3, 0.4) is 0 Å². The molecule has 0 spiro atoms. The largest absolute Gasteiger partial charge is 0.493 e. The van der Waals surface area contributed by atoms with E-state index in [4.69, 9.17) is 9.47 Å². The Labute approximate surface area is 229 Å². The maximum absolute atomic E-state index is 13.9. The lowest BCUT2D eigenvalue weighted by Crippen LogP contribution is -2.17. The normalized spacial score (nSPS) is 10.9. The molecule has 0 aliphatic rings. The molecule has 0 saturated carbocycles. The number of thioether (sulfide) groups is 1. The van der Waals surface area contributed by atoms with Crippen molar-refractivity contribution in [1.82, 2.24) is 15.4 Å². The number of methoxy groups -OCH3 is 1. The smallest absolute Gasteiger partial charge is 0.346 e. The molecule has 1 amide bonds. The van der Waals surface area contributed by atoms with E-state index in [1.807, 2.05) is 32.0 Å². The number of hydrazone groups is 1. The van der Waals surface area contributed by atoms with Crippen LogP contribution in [0.5, 0.6) is 11.5 Å². The molecule has 0 aliphatic carbocycles. The second kappa shape index (κ2) is 12.8. The SMILES string of the molecule is COc1cc(/C=N/NC(=O)c2ccc(CSc3nc(C)cc(C)n3)cc2)ccc1OC(=O)c1ccccc1F. The van der Waals surface area contributed by atoms with E-state index in [2.05, 4.69) is 20.5 Å². The van der Waals surface area contributed by atoms with Crippen molar-refractivity contribution in [2.24, 2.45) is 5.10 Å². The van der Waals surface area contributed by atoms with Crippen molar-refractivity contribution in [1.29, 1.82) is 0 Å². The lowest BCUT2D eigenvalue weighted by Gasteiger charge is -2.10. The fraction of sp³-hybridized carbons (Fsp3) is 0.138. The highest BCUT2D eigenvalue weighted by Gasteiger charge is 2.16. The van der Waals surface area contributed by atoms with Gasteiger partial charge in [0.15, 0.2) is 16.7 Å². The summed E-state index contributed by atoms with van der Waals surface area (Å²) in [6.07, 6.45) is 1.43. The molecular weight excluding hydrogens is 519 g/mol. The number of hydrogen-bond acceptors (Lipinski definition) is 8. The predicted molar refractivity (Wildman–Crippen MR) is 147 cm³/mol. The first-order chi connectivity index (χ1) is 18.8. The molecule has 0 fully saturated rings. The highest BCUT2D eigenvalue weighted by atomic mass is 32.2. The van der Waals surface area contributed by atoms with Gasteiger partial charge in [0.2, 0.25) is 0 Å². The van der Waals surface area contributed by atoms with Crippen molar-refractivity contribution < 1.29 is 23.5 Å². The predicted octanol–water partition coefficient (Wildman–Crippen LogP) is 5.52. The summed E-state index contributed by atoms with van der Waals surface area (Å²) in [5.74, 6) is -0.852. The maximum Gasteiger partial charge on any atom is 0.346 e. The van der Waals surface area contributed by atoms with E-state index in [0.717, 1.165) is 22.1 Å². The Balaban J connectivity index is 1.33. The number of nitrogens with one attached hydrogen (secondary N) is 1. The molecule has 0 bridgehead atoms. The van der Waals surface area contributed by atoms with Crippen molar-refractivity contribution in [3.63, 3.8) is 0 Å². The lowest BCUT2D eigenvalue weighted by molar-refractivity contribution is 0.0724. The summed E-state index contributed by atoms with van der Waals surface area (Å²) in [4.78, 5) is 33.7. The Morgan fingerprint density at radius 1 is 0.974 bits per heavy atom. The van der Waals surface area contributed by atoms with Crippen LogP contribution in [0.2, 0.25) is 0 Å². The van der Waals surface area contributed by atoms with Gasteiger partial charge in [0.05, 0.1) is 18.9 Å². The molecule has 4 rings (SSSR count). The Kier molecular flexibility index (Phi) is 9.01. The number of rotatable bonds is 9. The number of halogens is 1. The first-order valence-electron chi connectivity index (χ1n) is 11.8. The second-order valence-electron chi connectivity index (χ2n) is 8.40. The van der Waals surface area contributed by atoms with Crippen LogP contribution in [0.4, 0.5) is 4.39 Å². The lowest BCUT2D eigenvalue weighted by atomic mass is 10.1. The average Bonchev–Trinajstić information content (AvgIpc) is 2.92. The maximum atomic E-state index is 13.9. The van der Waals surface area contributed by atoms with Crippen LogP contribution in [-0.4, -0.2) is 35.2 Å². The molecule has 0 radical (unpaired) electrons. The molecule has 1 aromatic heterocycles. The zero-order valence-electron chi connectivity index (χ0n) is 21.5. The Bertz CT molecular complexity index is 1510. The number of nitrogens with zero attached hydrogens (tertiary/aromatic N) is 3. The van der Waals surface area contributed by atoms with Crippen molar-refractivity contribution in [2.45, 2.75) is 24.8 Å². The first kappa shape index (κ1) is 27.5. The van der Waals surface area contributed by atoms with E-state index in [-0.39, 0.29) is 23.0 Å². The number of aryl methyl sites for hydroxylation is 2. The summed E-state index contributed by atoms with van der Waals surface area (Å²) in [7, 11) is 1.41. The van der Waals surface area contributed by atoms with E-state index >= 15 is 0 Å². The van der Waals surface area contributed by atoms with Gasteiger partial charge in [-0.3, -0.25) is 4.79 Å². The van der Waals surface area contributed by atoms with Crippen molar-refractivity contribution in [3.05, 3.63) is 112 Å². The van der Waals surface area contributed by atoms with Crippen LogP contribution >= 0.6 is 11.8 Å². The molecule has 198 valence electrons. The Morgan fingerprint density at radius 2 is 1.69 bits per heavy atom. The minimum absolute atomic E-state index is 0.120. The van der Waals surface area contributed by atoms with Gasteiger partial charge in [-0.05, 0) is 73.5 Å².